The number of ether oxygens (including phenoxy) is 1. The molecule has 0 bridgehead atoms. The number of likely N-dealkylation sites (tertiary alicyclic amines) is 1. The number of methoxy groups -OCH3 is 1. The van der Waals surface area contributed by atoms with E-state index in [1.807, 2.05) is 18.7 Å². The van der Waals surface area contributed by atoms with Crippen molar-refractivity contribution in [1.29, 1.82) is 0 Å². The Morgan fingerprint density at radius 1 is 1.61 bits per heavy atom. The van der Waals surface area contributed by atoms with E-state index in [4.69, 9.17) is 4.74 Å². The van der Waals surface area contributed by atoms with Gasteiger partial charge in [-0.25, -0.2) is 4.79 Å². The molecule has 0 saturated carbocycles. The first kappa shape index (κ1) is 15.2. The molecule has 18 heavy (non-hydrogen) atoms. The van der Waals surface area contributed by atoms with Crippen molar-refractivity contribution in [2.24, 2.45) is 0 Å². The van der Waals surface area contributed by atoms with Crippen LogP contribution in [0.1, 0.15) is 40.0 Å². The Balaban J connectivity index is 2.45. The molecule has 2 atom stereocenters. The van der Waals surface area contributed by atoms with Gasteiger partial charge in [0.2, 0.25) is 0 Å². The lowest BCUT2D eigenvalue weighted by atomic mass is 10.1. The maximum absolute atomic E-state index is 12.1. The van der Waals surface area contributed by atoms with Crippen LogP contribution < -0.4 is 5.32 Å². The summed E-state index contributed by atoms with van der Waals surface area (Å²) < 4.78 is 5.27. The van der Waals surface area contributed by atoms with Crippen molar-refractivity contribution >= 4 is 6.03 Å². The van der Waals surface area contributed by atoms with E-state index < -0.39 is 0 Å². The third-order valence-corrected chi connectivity index (χ3v) is 3.47. The molecule has 1 rings (SSSR count). The number of hydrogen-bond acceptors (Lipinski definition) is 3. The fourth-order valence-electron chi connectivity index (χ4n) is 2.20. The summed E-state index contributed by atoms with van der Waals surface area (Å²) in [4.78, 5) is 13.9. The fourth-order valence-corrected chi connectivity index (χ4v) is 2.20. The second kappa shape index (κ2) is 6.38. The third-order valence-electron chi connectivity index (χ3n) is 3.47. The summed E-state index contributed by atoms with van der Waals surface area (Å²) in [6.45, 7) is 6.90. The number of carbonyl (C=O) groups is 1. The average molecular weight is 258 g/mol. The van der Waals surface area contributed by atoms with Crippen molar-refractivity contribution in [1.82, 2.24) is 10.2 Å². The van der Waals surface area contributed by atoms with E-state index in [-0.39, 0.29) is 23.8 Å². The van der Waals surface area contributed by atoms with Crippen molar-refractivity contribution in [3.63, 3.8) is 0 Å². The van der Waals surface area contributed by atoms with Crippen molar-refractivity contribution in [2.45, 2.75) is 57.8 Å². The quantitative estimate of drug-likeness (QED) is 0.782. The van der Waals surface area contributed by atoms with Gasteiger partial charge in [-0.1, -0.05) is 0 Å². The van der Waals surface area contributed by atoms with Gasteiger partial charge in [-0.3, -0.25) is 0 Å². The number of nitrogens with zero attached hydrogens (tertiary/aromatic N) is 1. The first-order valence-electron chi connectivity index (χ1n) is 6.63. The number of amides is 2. The number of urea groups is 1. The number of nitrogens with one attached hydrogen (secondary N) is 1. The van der Waals surface area contributed by atoms with Gasteiger partial charge >= 0.3 is 6.03 Å². The van der Waals surface area contributed by atoms with Crippen molar-refractivity contribution < 1.29 is 14.6 Å². The van der Waals surface area contributed by atoms with Crippen LogP contribution >= 0.6 is 0 Å². The van der Waals surface area contributed by atoms with Crippen LogP contribution in [0, 0.1) is 0 Å². The fraction of sp³-hybridized carbons (Fsp3) is 0.923. The summed E-state index contributed by atoms with van der Waals surface area (Å²) in [7, 11) is 1.64. The predicted octanol–water partition coefficient (Wildman–Crippen LogP) is 1.36. The molecule has 0 aromatic rings. The Morgan fingerprint density at radius 3 is 2.83 bits per heavy atom. The summed E-state index contributed by atoms with van der Waals surface area (Å²) in [5.41, 5.74) is -0.352. The van der Waals surface area contributed by atoms with Crippen LogP contribution in [-0.4, -0.2) is 54.0 Å². The van der Waals surface area contributed by atoms with E-state index >= 15 is 0 Å². The van der Waals surface area contributed by atoms with Crippen molar-refractivity contribution in [2.75, 3.05) is 20.2 Å². The number of hydrogen-bond donors (Lipinski definition) is 2. The standard InChI is InChI=1S/C13H26N2O3/c1-10(16)8-11-6-5-7-15(11)12(17)14-9-13(2,3)18-4/h10-11,16H,5-9H2,1-4H3,(H,14,17)/t10-,11-/m0/s1. The van der Waals surface area contributed by atoms with E-state index in [1.54, 1.807) is 14.0 Å². The minimum Gasteiger partial charge on any atom is -0.393 e. The van der Waals surface area contributed by atoms with Crippen LogP contribution in [-0.2, 0) is 4.74 Å². The van der Waals surface area contributed by atoms with Crippen LogP contribution in [0.2, 0.25) is 0 Å². The Bertz CT molecular complexity index is 279. The highest BCUT2D eigenvalue weighted by atomic mass is 16.5. The lowest BCUT2D eigenvalue weighted by Crippen LogP contribution is -2.48. The highest BCUT2D eigenvalue weighted by Crippen LogP contribution is 2.21. The molecule has 2 N–H and O–H groups in total. The van der Waals surface area contributed by atoms with Gasteiger partial charge in [-0.15, -0.1) is 0 Å². The maximum atomic E-state index is 12.1. The molecule has 5 heteroatoms. The van der Waals surface area contributed by atoms with Crippen LogP contribution in [0.3, 0.4) is 0 Å². The third kappa shape index (κ3) is 4.46. The summed E-state index contributed by atoms with van der Waals surface area (Å²) in [6, 6.07) is 0.110. The van der Waals surface area contributed by atoms with Gasteiger partial charge in [-0.05, 0) is 40.0 Å². The zero-order valence-corrected chi connectivity index (χ0v) is 11.9. The smallest absolute Gasteiger partial charge is 0.317 e. The van der Waals surface area contributed by atoms with Gasteiger partial charge in [-0.2, -0.15) is 0 Å². The van der Waals surface area contributed by atoms with E-state index in [0.29, 0.717) is 13.0 Å². The highest BCUT2D eigenvalue weighted by molar-refractivity contribution is 5.74. The number of carbonyl (C=O) groups excluding carboxylic acids is 1. The molecule has 0 aromatic carbocycles. The largest absolute Gasteiger partial charge is 0.393 e. The zero-order chi connectivity index (χ0) is 13.8. The molecule has 1 aliphatic rings. The molecule has 5 nitrogen and oxygen atoms in total. The van der Waals surface area contributed by atoms with Gasteiger partial charge in [0.25, 0.3) is 0 Å². The Hall–Kier alpha value is -0.810. The van der Waals surface area contributed by atoms with Gasteiger partial charge in [0.1, 0.15) is 0 Å². The van der Waals surface area contributed by atoms with E-state index in [0.717, 1.165) is 19.4 Å². The number of rotatable bonds is 5. The lowest BCUT2D eigenvalue weighted by Gasteiger charge is -2.29. The van der Waals surface area contributed by atoms with Gasteiger partial charge in [0.05, 0.1) is 11.7 Å². The molecule has 0 aromatic heterocycles. The van der Waals surface area contributed by atoms with E-state index in [9.17, 15) is 9.90 Å². The molecule has 106 valence electrons. The Labute approximate surface area is 109 Å². The molecule has 0 spiro atoms. The molecular weight excluding hydrogens is 232 g/mol. The topological polar surface area (TPSA) is 61.8 Å². The maximum Gasteiger partial charge on any atom is 0.317 e. The van der Waals surface area contributed by atoms with Crippen LogP contribution in [0.25, 0.3) is 0 Å². The second-order valence-electron chi connectivity index (χ2n) is 5.70. The molecule has 0 aliphatic carbocycles. The molecule has 0 radical (unpaired) electrons. The van der Waals surface area contributed by atoms with Gasteiger partial charge < -0.3 is 20.1 Å². The molecule has 1 aliphatic heterocycles. The number of aliphatic hydroxyl groups excluding tert-OH is 1. The van der Waals surface area contributed by atoms with Gasteiger partial charge in [0.15, 0.2) is 0 Å². The predicted molar refractivity (Wildman–Crippen MR) is 70.5 cm³/mol. The average Bonchev–Trinajstić information content (AvgIpc) is 2.73. The second-order valence-corrected chi connectivity index (χ2v) is 5.70. The molecule has 0 unspecified atom stereocenters. The molecule has 1 fully saturated rings. The van der Waals surface area contributed by atoms with Gasteiger partial charge in [0, 0.05) is 26.2 Å². The summed E-state index contributed by atoms with van der Waals surface area (Å²) in [5.74, 6) is 0. The zero-order valence-electron chi connectivity index (χ0n) is 11.9. The Morgan fingerprint density at radius 2 is 2.28 bits per heavy atom. The number of aliphatic hydroxyl groups is 1. The van der Waals surface area contributed by atoms with Crippen molar-refractivity contribution in [3.8, 4) is 0 Å². The van der Waals surface area contributed by atoms with E-state index in [2.05, 4.69) is 5.32 Å². The van der Waals surface area contributed by atoms with Crippen molar-refractivity contribution in [3.05, 3.63) is 0 Å². The van der Waals surface area contributed by atoms with Crippen LogP contribution in [0.15, 0.2) is 0 Å². The molecule has 2 amide bonds. The minimum absolute atomic E-state index is 0.0525. The minimum atomic E-state index is -0.362. The summed E-state index contributed by atoms with van der Waals surface area (Å²) in [5, 5.41) is 12.3. The molecule has 1 heterocycles. The monoisotopic (exact) mass is 258 g/mol. The summed E-state index contributed by atoms with van der Waals surface area (Å²) in [6.07, 6.45) is 2.28. The normalized spacial score (nSPS) is 22.1. The molecular formula is C13H26N2O3. The highest BCUT2D eigenvalue weighted by Gasteiger charge is 2.30. The molecule has 1 saturated heterocycles. The summed E-state index contributed by atoms with van der Waals surface area (Å²) >= 11 is 0. The first-order valence-corrected chi connectivity index (χ1v) is 6.63. The Kier molecular flexibility index (Phi) is 5.41. The van der Waals surface area contributed by atoms with E-state index in [1.165, 1.54) is 0 Å². The van der Waals surface area contributed by atoms with Crippen LogP contribution in [0.4, 0.5) is 4.79 Å². The first-order chi connectivity index (χ1) is 8.35. The van der Waals surface area contributed by atoms with Crippen LogP contribution in [0.5, 0.6) is 0 Å². The lowest BCUT2D eigenvalue weighted by molar-refractivity contribution is 0.0239. The SMILES string of the molecule is COC(C)(C)CNC(=O)N1CCC[C@H]1C[C@H](C)O.